The van der Waals surface area contributed by atoms with Gasteiger partial charge in [-0.25, -0.2) is 0 Å². The van der Waals surface area contributed by atoms with E-state index >= 15 is 0 Å². The van der Waals surface area contributed by atoms with Gasteiger partial charge in [0.1, 0.15) is 6.10 Å². The molecule has 1 aliphatic carbocycles. The first-order chi connectivity index (χ1) is 13.7. The van der Waals surface area contributed by atoms with Crippen LogP contribution in [0.3, 0.4) is 0 Å². The van der Waals surface area contributed by atoms with Crippen LogP contribution in [0, 0.1) is 0 Å². The SMILES string of the molecule is CN=C(NCC(C)Oc1ccccc1OC)NC1CCN(C2CCCC2)CC1. The van der Waals surface area contributed by atoms with E-state index in [0.29, 0.717) is 12.6 Å². The molecular formula is C22H36N4O2. The van der Waals surface area contributed by atoms with Crippen LogP contribution >= 0.6 is 0 Å². The number of ether oxygens (including phenoxy) is 2. The van der Waals surface area contributed by atoms with Crippen molar-refractivity contribution in [3.8, 4) is 11.5 Å². The van der Waals surface area contributed by atoms with Gasteiger partial charge >= 0.3 is 0 Å². The predicted molar refractivity (Wildman–Crippen MR) is 114 cm³/mol. The molecule has 1 unspecified atom stereocenters. The van der Waals surface area contributed by atoms with Crippen molar-refractivity contribution in [3.63, 3.8) is 0 Å². The number of guanidine groups is 1. The van der Waals surface area contributed by atoms with E-state index in [9.17, 15) is 0 Å². The summed E-state index contributed by atoms with van der Waals surface area (Å²) in [7, 11) is 3.49. The maximum Gasteiger partial charge on any atom is 0.191 e. The Bertz CT molecular complexity index is 623. The quantitative estimate of drug-likeness (QED) is 0.555. The summed E-state index contributed by atoms with van der Waals surface area (Å²) >= 11 is 0. The van der Waals surface area contributed by atoms with Crippen LogP contribution in [0.5, 0.6) is 11.5 Å². The molecule has 1 aliphatic heterocycles. The molecule has 1 atom stereocenters. The van der Waals surface area contributed by atoms with Gasteiger partial charge in [-0.05, 0) is 44.7 Å². The molecule has 2 aliphatic rings. The topological polar surface area (TPSA) is 58.1 Å². The molecular weight excluding hydrogens is 352 g/mol. The number of piperidine rings is 1. The third-order valence-corrected chi connectivity index (χ3v) is 5.89. The molecule has 0 spiro atoms. The largest absolute Gasteiger partial charge is 0.493 e. The van der Waals surface area contributed by atoms with Gasteiger partial charge in [0, 0.05) is 32.2 Å². The van der Waals surface area contributed by atoms with Gasteiger partial charge in [0.05, 0.1) is 13.7 Å². The summed E-state index contributed by atoms with van der Waals surface area (Å²) in [6.45, 7) is 5.13. The lowest BCUT2D eigenvalue weighted by Crippen LogP contribution is -2.51. The van der Waals surface area contributed by atoms with Gasteiger partial charge in [-0.2, -0.15) is 0 Å². The van der Waals surface area contributed by atoms with Crippen LogP contribution in [0.4, 0.5) is 0 Å². The lowest BCUT2D eigenvalue weighted by Gasteiger charge is -2.36. The molecule has 156 valence electrons. The summed E-state index contributed by atoms with van der Waals surface area (Å²) < 4.78 is 11.4. The van der Waals surface area contributed by atoms with Gasteiger partial charge in [0.2, 0.25) is 0 Å². The summed E-state index contributed by atoms with van der Waals surface area (Å²) in [5.41, 5.74) is 0. The van der Waals surface area contributed by atoms with Crippen LogP contribution in [0.15, 0.2) is 29.3 Å². The normalized spacial score (nSPS) is 20.8. The standard InChI is InChI=1S/C22H36N4O2/c1-17(28-21-11-7-6-10-20(21)27-3)16-24-22(23-2)25-18-12-14-26(15-13-18)19-8-4-5-9-19/h6-7,10-11,17-19H,4-5,8-9,12-16H2,1-3H3,(H2,23,24,25). The van der Waals surface area contributed by atoms with Crippen molar-refractivity contribution in [2.24, 2.45) is 4.99 Å². The second-order valence-corrected chi connectivity index (χ2v) is 7.93. The van der Waals surface area contributed by atoms with E-state index in [1.165, 1.54) is 51.6 Å². The molecule has 6 nitrogen and oxygen atoms in total. The van der Waals surface area contributed by atoms with Gasteiger partial charge < -0.3 is 25.0 Å². The van der Waals surface area contributed by atoms with E-state index in [2.05, 4.69) is 20.5 Å². The Morgan fingerprint density at radius 3 is 2.46 bits per heavy atom. The lowest BCUT2D eigenvalue weighted by atomic mass is 10.0. The highest BCUT2D eigenvalue weighted by Gasteiger charge is 2.27. The zero-order chi connectivity index (χ0) is 19.8. The molecule has 2 fully saturated rings. The van der Waals surface area contributed by atoms with E-state index < -0.39 is 0 Å². The van der Waals surface area contributed by atoms with Crippen LogP contribution in [0.25, 0.3) is 0 Å². The second kappa shape index (κ2) is 10.6. The zero-order valence-electron chi connectivity index (χ0n) is 17.6. The number of methoxy groups -OCH3 is 1. The maximum absolute atomic E-state index is 6.02. The fourth-order valence-corrected chi connectivity index (χ4v) is 4.28. The molecule has 0 radical (unpaired) electrons. The average Bonchev–Trinajstić information content (AvgIpc) is 3.27. The van der Waals surface area contributed by atoms with Gasteiger partial charge in [0.25, 0.3) is 0 Å². The van der Waals surface area contributed by atoms with Crippen molar-refractivity contribution < 1.29 is 9.47 Å². The Kier molecular flexibility index (Phi) is 7.83. The second-order valence-electron chi connectivity index (χ2n) is 7.93. The number of nitrogens with one attached hydrogen (secondary N) is 2. The average molecular weight is 389 g/mol. The zero-order valence-corrected chi connectivity index (χ0v) is 17.6. The van der Waals surface area contributed by atoms with Crippen molar-refractivity contribution in [3.05, 3.63) is 24.3 Å². The summed E-state index contributed by atoms with van der Waals surface area (Å²) in [6.07, 6.45) is 7.98. The fraction of sp³-hybridized carbons (Fsp3) is 0.682. The molecule has 0 bridgehead atoms. The maximum atomic E-state index is 6.02. The summed E-state index contributed by atoms with van der Waals surface area (Å²) in [6, 6.07) is 9.07. The molecule has 0 aromatic heterocycles. The highest BCUT2D eigenvalue weighted by atomic mass is 16.5. The number of likely N-dealkylation sites (tertiary alicyclic amines) is 1. The first-order valence-electron chi connectivity index (χ1n) is 10.7. The highest BCUT2D eigenvalue weighted by Crippen LogP contribution is 2.27. The number of nitrogens with zero attached hydrogens (tertiary/aromatic N) is 2. The minimum atomic E-state index is -0.000867. The number of rotatable bonds is 7. The number of benzene rings is 1. The van der Waals surface area contributed by atoms with Crippen molar-refractivity contribution in [2.45, 2.75) is 63.6 Å². The number of hydrogen-bond donors (Lipinski definition) is 2. The van der Waals surface area contributed by atoms with Crippen molar-refractivity contribution in [1.29, 1.82) is 0 Å². The van der Waals surface area contributed by atoms with Gasteiger partial charge in [-0.15, -0.1) is 0 Å². The Labute approximate surface area is 169 Å². The van der Waals surface area contributed by atoms with Crippen molar-refractivity contribution in [1.82, 2.24) is 15.5 Å². The van der Waals surface area contributed by atoms with E-state index in [0.717, 1.165) is 23.5 Å². The fourth-order valence-electron chi connectivity index (χ4n) is 4.28. The molecule has 2 N–H and O–H groups in total. The Balaban J connectivity index is 1.40. The molecule has 6 heteroatoms. The molecule has 1 saturated heterocycles. The summed E-state index contributed by atoms with van der Waals surface area (Å²) in [4.78, 5) is 7.09. The third-order valence-electron chi connectivity index (χ3n) is 5.89. The van der Waals surface area contributed by atoms with E-state index in [-0.39, 0.29) is 6.10 Å². The molecule has 1 heterocycles. The first kappa shape index (κ1) is 20.8. The van der Waals surface area contributed by atoms with Crippen LogP contribution < -0.4 is 20.1 Å². The van der Waals surface area contributed by atoms with Gasteiger partial charge in [-0.1, -0.05) is 25.0 Å². The smallest absolute Gasteiger partial charge is 0.191 e. The van der Waals surface area contributed by atoms with Crippen LogP contribution in [0.2, 0.25) is 0 Å². The van der Waals surface area contributed by atoms with E-state index in [4.69, 9.17) is 9.47 Å². The van der Waals surface area contributed by atoms with Crippen LogP contribution in [-0.2, 0) is 0 Å². The van der Waals surface area contributed by atoms with Crippen LogP contribution in [0.1, 0.15) is 45.4 Å². The Hall–Kier alpha value is -1.95. The van der Waals surface area contributed by atoms with Crippen molar-refractivity contribution in [2.75, 3.05) is 33.8 Å². The molecule has 3 rings (SSSR count). The van der Waals surface area contributed by atoms with E-state index in [1.807, 2.05) is 38.2 Å². The number of aliphatic imine (C=N–C) groups is 1. The third kappa shape index (κ3) is 5.77. The molecule has 1 aromatic rings. The molecule has 0 amide bonds. The number of hydrogen-bond acceptors (Lipinski definition) is 4. The lowest BCUT2D eigenvalue weighted by molar-refractivity contribution is 0.150. The van der Waals surface area contributed by atoms with Crippen LogP contribution in [-0.4, -0.2) is 62.8 Å². The molecule has 28 heavy (non-hydrogen) atoms. The van der Waals surface area contributed by atoms with Gasteiger partial charge in [-0.3, -0.25) is 4.99 Å². The van der Waals surface area contributed by atoms with Gasteiger partial charge in [0.15, 0.2) is 17.5 Å². The first-order valence-corrected chi connectivity index (χ1v) is 10.7. The summed E-state index contributed by atoms with van der Waals surface area (Å²) in [5, 5.41) is 6.99. The minimum Gasteiger partial charge on any atom is -0.493 e. The molecule has 1 aromatic carbocycles. The monoisotopic (exact) mass is 388 g/mol. The molecule has 1 saturated carbocycles. The minimum absolute atomic E-state index is 0.000867. The van der Waals surface area contributed by atoms with E-state index in [1.54, 1.807) is 7.11 Å². The predicted octanol–water partition coefficient (Wildman–Crippen LogP) is 3.03. The Morgan fingerprint density at radius 2 is 1.82 bits per heavy atom. The highest BCUT2D eigenvalue weighted by molar-refractivity contribution is 5.80. The van der Waals surface area contributed by atoms with Crippen molar-refractivity contribution >= 4 is 5.96 Å². The summed E-state index contributed by atoms with van der Waals surface area (Å²) in [5.74, 6) is 2.38. The number of para-hydroxylation sites is 2. The Morgan fingerprint density at radius 1 is 1.14 bits per heavy atom.